The van der Waals surface area contributed by atoms with Crippen LogP contribution in [0.25, 0.3) is 0 Å². The third kappa shape index (κ3) is 3.26. The van der Waals surface area contributed by atoms with Crippen LogP contribution in [-0.2, 0) is 5.88 Å². The Morgan fingerprint density at radius 3 is 2.60 bits per heavy atom. The number of H-pyrrole nitrogens is 1. The predicted octanol–water partition coefficient (Wildman–Crippen LogP) is 2.62. The molecule has 0 bridgehead atoms. The number of hydrogen-bond acceptors (Lipinski definition) is 2. The molecule has 0 fully saturated rings. The summed E-state index contributed by atoms with van der Waals surface area (Å²) in [6.45, 7) is 0. The minimum absolute atomic E-state index is 0.0718. The van der Waals surface area contributed by atoms with Gasteiger partial charge in [0.2, 0.25) is 11.3 Å². The van der Waals surface area contributed by atoms with Gasteiger partial charge in [0.15, 0.2) is 0 Å². The molecule has 0 aliphatic carbocycles. The summed E-state index contributed by atoms with van der Waals surface area (Å²) >= 11 is 6.87. The molecule has 1 N–H and O–H groups in total. The molecule has 0 aliphatic heterocycles. The van der Waals surface area contributed by atoms with Gasteiger partial charge in [-0.25, -0.2) is 0 Å². The molecule has 0 aliphatic rings. The van der Waals surface area contributed by atoms with E-state index in [4.69, 9.17) is 11.6 Å². The largest absolute Gasteiger partial charge is 0.574 e. The normalized spacial score (nSPS) is 11.5. The predicted molar refractivity (Wildman–Crippen MR) is 56.0 cm³/mol. The summed E-state index contributed by atoms with van der Waals surface area (Å²) in [6.07, 6.45) is -3.73. The van der Waals surface area contributed by atoms with E-state index >= 15 is 0 Å². The maximum atomic E-state index is 11.9. The molecule has 0 saturated heterocycles. The van der Waals surface area contributed by atoms with Crippen LogP contribution in [0, 0.1) is 3.57 Å². The highest BCUT2D eigenvalue weighted by atomic mass is 127. The molecule has 0 amide bonds. The molecule has 0 spiro atoms. The monoisotopic (exact) mass is 353 g/mol. The average molecular weight is 353 g/mol. The van der Waals surface area contributed by atoms with Crippen molar-refractivity contribution >= 4 is 34.2 Å². The van der Waals surface area contributed by atoms with E-state index in [1.807, 2.05) is 0 Å². The molecular weight excluding hydrogens is 349 g/mol. The van der Waals surface area contributed by atoms with Crippen LogP contribution in [0.3, 0.4) is 0 Å². The summed E-state index contributed by atoms with van der Waals surface area (Å²) < 4.78 is 39.0. The Balaban J connectivity index is 3.13. The molecule has 1 aromatic heterocycles. The number of ether oxygens (including phenoxy) is 1. The first-order chi connectivity index (χ1) is 6.85. The zero-order valence-corrected chi connectivity index (χ0v) is 9.90. The number of pyridine rings is 1. The van der Waals surface area contributed by atoms with Crippen molar-refractivity contribution in [2.75, 3.05) is 0 Å². The molecule has 0 unspecified atom stereocenters. The van der Waals surface area contributed by atoms with Crippen molar-refractivity contribution in [2.24, 2.45) is 0 Å². The fraction of sp³-hybridized carbons (Fsp3) is 0.286. The third-order valence-electron chi connectivity index (χ3n) is 1.43. The molecule has 0 atom stereocenters. The molecule has 1 heterocycles. The molecule has 84 valence electrons. The third-order valence-corrected chi connectivity index (χ3v) is 2.70. The van der Waals surface area contributed by atoms with Crippen LogP contribution in [0.15, 0.2) is 11.0 Å². The molecule has 8 heteroatoms. The lowest BCUT2D eigenvalue weighted by Gasteiger charge is -2.10. The van der Waals surface area contributed by atoms with E-state index in [0.29, 0.717) is 0 Å². The van der Waals surface area contributed by atoms with E-state index in [-0.39, 0.29) is 15.0 Å². The zero-order valence-electron chi connectivity index (χ0n) is 6.99. The van der Waals surface area contributed by atoms with E-state index < -0.39 is 17.7 Å². The van der Waals surface area contributed by atoms with Gasteiger partial charge in [-0.1, -0.05) is 0 Å². The SMILES string of the molecule is O=c1c(CCl)c[nH]c(OC(F)(F)F)c1I. The number of alkyl halides is 4. The molecule has 0 radical (unpaired) electrons. The van der Waals surface area contributed by atoms with Gasteiger partial charge in [0.05, 0.1) is 5.88 Å². The van der Waals surface area contributed by atoms with Crippen LogP contribution in [0.5, 0.6) is 5.88 Å². The summed E-state index contributed by atoms with van der Waals surface area (Å²) in [6, 6.07) is 0. The highest BCUT2D eigenvalue weighted by molar-refractivity contribution is 14.1. The van der Waals surface area contributed by atoms with Crippen molar-refractivity contribution in [2.45, 2.75) is 12.2 Å². The topological polar surface area (TPSA) is 42.1 Å². The van der Waals surface area contributed by atoms with Crippen LogP contribution >= 0.6 is 34.2 Å². The van der Waals surface area contributed by atoms with Crippen molar-refractivity contribution in [3.05, 3.63) is 25.6 Å². The molecule has 0 saturated carbocycles. The highest BCUT2D eigenvalue weighted by Crippen LogP contribution is 2.23. The maximum absolute atomic E-state index is 11.9. The first-order valence-corrected chi connectivity index (χ1v) is 5.18. The van der Waals surface area contributed by atoms with E-state index in [1.165, 1.54) is 22.6 Å². The van der Waals surface area contributed by atoms with E-state index in [0.717, 1.165) is 6.20 Å². The second-order valence-corrected chi connectivity index (χ2v) is 3.81. The van der Waals surface area contributed by atoms with Crippen molar-refractivity contribution in [1.29, 1.82) is 0 Å². The van der Waals surface area contributed by atoms with Gasteiger partial charge < -0.3 is 9.72 Å². The molecule has 0 aromatic carbocycles. The van der Waals surface area contributed by atoms with E-state index in [9.17, 15) is 18.0 Å². The lowest BCUT2D eigenvalue weighted by Crippen LogP contribution is -2.22. The average Bonchev–Trinajstić information content (AvgIpc) is 2.11. The Bertz CT molecular complexity index is 418. The fourth-order valence-electron chi connectivity index (χ4n) is 0.815. The molecule has 3 nitrogen and oxygen atoms in total. The first-order valence-electron chi connectivity index (χ1n) is 3.57. The standard InChI is InChI=1S/C7H4ClF3INO2/c8-1-3-2-13-6(4(12)5(3)14)15-7(9,10)11/h2H,1H2,(H,13,14). The van der Waals surface area contributed by atoms with Gasteiger partial charge in [0, 0.05) is 11.8 Å². The van der Waals surface area contributed by atoms with Gasteiger partial charge in [-0.05, 0) is 22.6 Å². The summed E-state index contributed by atoms with van der Waals surface area (Å²) in [4.78, 5) is 13.6. The van der Waals surface area contributed by atoms with Gasteiger partial charge in [-0.2, -0.15) is 0 Å². The van der Waals surface area contributed by atoms with Crippen molar-refractivity contribution in [1.82, 2.24) is 4.98 Å². The van der Waals surface area contributed by atoms with Crippen LogP contribution in [0.2, 0.25) is 0 Å². The summed E-state index contributed by atoms with van der Waals surface area (Å²) in [5.74, 6) is -0.695. The van der Waals surface area contributed by atoms with E-state index in [2.05, 4.69) is 9.72 Å². The highest BCUT2D eigenvalue weighted by Gasteiger charge is 2.32. The van der Waals surface area contributed by atoms with Gasteiger partial charge >= 0.3 is 6.36 Å². The zero-order chi connectivity index (χ0) is 11.6. The second kappa shape index (κ2) is 4.60. The quantitative estimate of drug-likeness (QED) is 0.656. The van der Waals surface area contributed by atoms with Crippen molar-refractivity contribution in [3.8, 4) is 5.88 Å². The van der Waals surface area contributed by atoms with Crippen LogP contribution in [0.4, 0.5) is 13.2 Å². The number of nitrogens with one attached hydrogen (secondary N) is 1. The first kappa shape index (κ1) is 12.6. The number of hydrogen-bond donors (Lipinski definition) is 1. The Labute approximate surface area is 101 Å². The minimum Gasteiger partial charge on any atom is -0.389 e. The fourth-order valence-corrected chi connectivity index (χ4v) is 1.63. The van der Waals surface area contributed by atoms with Gasteiger partial charge in [-0.3, -0.25) is 4.79 Å². The van der Waals surface area contributed by atoms with E-state index in [1.54, 1.807) is 0 Å². The Hall–Kier alpha value is -0.440. The Morgan fingerprint density at radius 2 is 2.13 bits per heavy atom. The summed E-state index contributed by atoms with van der Waals surface area (Å²) in [5, 5.41) is 0. The van der Waals surface area contributed by atoms with Crippen LogP contribution in [-0.4, -0.2) is 11.3 Å². The number of halogens is 5. The molecular formula is C7H4ClF3INO2. The van der Waals surface area contributed by atoms with Gasteiger partial charge in [0.1, 0.15) is 3.57 Å². The summed E-state index contributed by atoms with van der Waals surface area (Å²) in [5.41, 5.74) is -0.376. The van der Waals surface area contributed by atoms with Gasteiger partial charge in [-0.15, -0.1) is 24.8 Å². The Kier molecular flexibility index (Phi) is 3.87. The lowest BCUT2D eigenvalue weighted by molar-refractivity contribution is -0.276. The van der Waals surface area contributed by atoms with Crippen LogP contribution in [0.1, 0.15) is 5.56 Å². The summed E-state index contributed by atoms with van der Waals surface area (Å²) in [7, 11) is 0. The minimum atomic E-state index is -4.83. The number of aromatic amines is 1. The second-order valence-electron chi connectivity index (χ2n) is 2.47. The van der Waals surface area contributed by atoms with Crippen molar-refractivity contribution < 1.29 is 17.9 Å². The molecule has 1 rings (SSSR count). The molecule has 1 aromatic rings. The molecule has 15 heavy (non-hydrogen) atoms. The van der Waals surface area contributed by atoms with Crippen molar-refractivity contribution in [3.63, 3.8) is 0 Å². The Morgan fingerprint density at radius 1 is 1.53 bits per heavy atom. The number of aromatic nitrogens is 1. The maximum Gasteiger partial charge on any atom is 0.574 e. The lowest BCUT2D eigenvalue weighted by atomic mass is 10.3. The smallest absolute Gasteiger partial charge is 0.389 e. The van der Waals surface area contributed by atoms with Gasteiger partial charge in [0.25, 0.3) is 0 Å². The van der Waals surface area contributed by atoms with Crippen LogP contribution < -0.4 is 10.2 Å². The number of rotatable bonds is 2.